The summed E-state index contributed by atoms with van der Waals surface area (Å²) in [5, 5.41) is 0. The fourth-order valence-corrected chi connectivity index (χ4v) is 1.47. The molecule has 1 heteroatoms. The van der Waals surface area contributed by atoms with Crippen molar-refractivity contribution in [2.75, 3.05) is 0 Å². The summed E-state index contributed by atoms with van der Waals surface area (Å²) in [4.78, 5) is 0. The van der Waals surface area contributed by atoms with Gasteiger partial charge in [-0.25, -0.2) is 0 Å². The van der Waals surface area contributed by atoms with Crippen LogP contribution in [0.15, 0.2) is 0 Å². The van der Waals surface area contributed by atoms with Crippen LogP contribution in [0.2, 0.25) is 0 Å². The Bertz CT molecular complexity index is 38.1. The molecule has 0 saturated heterocycles. The molecule has 2 fully saturated rings. The van der Waals surface area contributed by atoms with Crippen molar-refractivity contribution in [3.05, 3.63) is 12.8 Å². The Labute approximate surface area is 81.3 Å². The van der Waals surface area contributed by atoms with Gasteiger partial charge in [0.25, 0.3) is 0 Å². The van der Waals surface area contributed by atoms with Gasteiger partial charge in [0.15, 0.2) is 0 Å². The van der Waals surface area contributed by atoms with E-state index in [0.717, 1.165) is 0 Å². The summed E-state index contributed by atoms with van der Waals surface area (Å²) in [6, 6.07) is 0. The maximum Gasteiger partial charge on any atom is 0 e. The van der Waals surface area contributed by atoms with E-state index in [4.69, 9.17) is 0 Å². The van der Waals surface area contributed by atoms with E-state index in [9.17, 15) is 0 Å². The first-order chi connectivity index (χ1) is 5.00. The van der Waals surface area contributed by atoms with Gasteiger partial charge in [0.1, 0.15) is 0 Å². The van der Waals surface area contributed by atoms with Crippen molar-refractivity contribution in [3.63, 3.8) is 0 Å². The molecule has 0 aliphatic heterocycles. The molecule has 0 nitrogen and oxygen atoms in total. The van der Waals surface area contributed by atoms with Crippen molar-refractivity contribution >= 4 is 0 Å². The van der Waals surface area contributed by atoms with Gasteiger partial charge in [0.05, 0.1) is 0 Å². The van der Waals surface area contributed by atoms with Crippen LogP contribution < -0.4 is 0 Å². The van der Waals surface area contributed by atoms with E-state index in [0.29, 0.717) is 0 Å². The van der Waals surface area contributed by atoms with Crippen molar-refractivity contribution in [1.82, 2.24) is 0 Å². The van der Waals surface area contributed by atoms with E-state index < -0.39 is 0 Å². The van der Waals surface area contributed by atoms with Gasteiger partial charge in [-0.1, -0.05) is 38.5 Å². The normalized spacial score (nSPS) is 21.8. The summed E-state index contributed by atoms with van der Waals surface area (Å²) in [5.41, 5.74) is 0. The summed E-state index contributed by atoms with van der Waals surface area (Å²) in [6.45, 7) is 0. The Morgan fingerprint density at radius 2 is 0.909 bits per heavy atom. The Morgan fingerprint density at radius 1 is 0.545 bits per heavy atom. The van der Waals surface area contributed by atoms with Crippen LogP contribution in [-0.2, 0) is 16.8 Å². The number of hydrogen-bond acceptors (Lipinski definition) is 0. The van der Waals surface area contributed by atoms with E-state index in [1.165, 1.54) is 51.4 Å². The monoisotopic (exact) mass is 197 g/mol. The fourth-order valence-electron chi connectivity index (χ4n) is 1.47. The van der Waals surface area contributed by atoms with E-state index in [2.05, 4.69) is 12.8 Å². The first-order valence-corrected chi connectivity index (χ1v) is 4.65. The van der Waals surface area contributed by atoms with Crippen LogP contribution in [-0.4, -0.2) is 0 Å². The first kappa shape index (κ1) is 11.5. The van der Waals surface area contributed by atoms with Crippen molar-refractivity contribution in [2.24, 2.45) is 0 Å². The second kappa shape index (κ2) is 8.60. The van der Waals surface area contributed by atoms with Gasteiger partial charge in [-0.15, -0.1) is 0 Å². The van der Waals surface area contributed by atoms with Gasteiger partial charge in [-0.2, -0.15) is 0 Å². The molecule has 0 atom stereocenters. The summed E-state index contributed by atoms with van der Waals surface area (Å²) in [6.07, 6.45) is 16.0. The molecule has 0 amide bonds. The van der Waals surface area contributed by atoms with Gasteiger partial charge >= 0.3 is 0 Å². The fraction of sp³-hybridized carbons (Fsp3) is 0.800. The van der Waals surface area contributed by atoms with Crippen LogP contribution in [0.25, 0.3) is 0 Å². The molecule has 2 saturated carbocycles. The summed E-state index contributed by atoms with van der Waals surface area (Å²) < 4.78 is 0. The van der Waals surface area contributed by atoms with Crippen molar-refractivity contribution in [1.29, 1.82) is 0 Å². The van der Waals surface area contributed by atoms with Crippen LogP contribution in [0.1, 0.15) is 51.4 Å². The predicted octanol–water partition coefficient (Wildman–Crippen LogP) is 3.53. The Morgan fingerprint density at radius 3 is 1.09 bits per heavy atom. The molecule has 2 aliphatic rings. The largest absolute Gasteiger partial charge is 0.0533 e. The number of rotatable bonds is 0. The minimum atomic E-state index is 0. The molecule has 0 spiro atoms. The second-order valence-electron chi connectivity index (χ2n) is 3.17. The molecular formula is C10H18Co. The van der Waals surface area contributed by atoms with Crippen LogP contribution in [0.3, 0.4) is 0 Å². The third-order valence-electron chi connectivity index (χ3n) is 2.16. The molecule has 2 rings (SSSR count). The topological polar surface area (TPSA) is 0 Å². The third kappa shape index (κ3) is 6.89. The zero-order valence-corrected chi connectivity index (χ0v) is 8.19. The van der Waals surface area contributed by atoms with Gasteiger partial charge in [0, 0.05) is 16.8 Å². The molecule has 3 radical (unpaired) electrons. The predicted molar refractivity (Wildman–Crippen MR) is 45.5 cm³/mol. The standard InChI is InChI=1S/C5H10.C5H8.Co/c2*1-2-4-5-3-1;/h1-5H2;1-2H,3-5H2;. The molecule has 67 valence electrons. The second-order valence-corrected chi connectivity index (χ2v) is 3.17. The van der Waals surface area contributed by atoms with Gasteiger partial charge in [-0.3, -0.25) is 0 Å². The molecule has 0 bridgehead atoms. The van der Waals surface area contributed by atoms with Crippen LogP contribution in [0.5, 0.6) is 0 Å². The molecular weight excluding hydrogens is 179 g/mol. The maximum absolute atomic E-state index is 2.24. The van der Waals surface area contributed by atoms with Crippen molar-refractivity contribution in [2.45, 2.75) is 51.4 Å². The molecule has 0 N–H and O–H groups in total. The molecule has 0 unspecified atom stereocenters. The molecule has 0 heterocycles. The SMILES string of the molecule is C1CCCC1.[CH]1[CH]CCC1.[Co]. The number of hydrogen-bond donors (Lipinski definition) is 0. The van der Waals surface area contributed by atoms with E-state index >= 15 is 0 Å². The zero-order valence-electron chi connectivity index (χ0n) is 7.14. The van der Waals surface area contributed by atoms with Crippen LogP contribution >= 0.6 is 0 Å². The van der Waals surface area contributed by atoms with Crippen molar-refractivity contribution < 1.29 is 16.8 Å². The average Bonchev–Trinajstić information content (AvgIpc) is 2.67. The Balaban J connectivity index is 0.000000167. The quantitative estimate of drug-likeness (QED) is 0.557. The summed E-state index contributed by atoms with van der Waals surface area (Å²) in [5.74, 6) is 0. The average molecular weight is 197 g/mol. The minimum Gasteiger partial charge on any atom is -0.0533 e. The summed E-state index contributed by atoms with van der Waals surface area (Å²) in [7, 11) is 0. The zero-order chi connectivity index (χ0) is 7.07. The Hall–Kier alpha value is 0.506. The van der Waals surface area contributed by atoms with Gasteiger partial charge < -0.3 is 0 Å². The molecule has 0 aromatic heterocycles. The summed E-state index contributed by atoms with van der Waals surface area (Å²) >= 11 is 0. The molecule has 0 aromatic carbocycles. The Kier molecular flexibility index (Phi) is 9.00. The third-order valence-corrected chi connectivity index (χ3v) is 2.16. The molecule has 2 aliphatic carbocycles. The van der Waals surface area contributed by atoms with E-state index in [1.54, 1.807) is 0 Å². The first-order valence-electron chi connectivity index (χ1n) is 4.65. The van der Waals surface area contributed by atoms with Gasteiger partial charge in [0.2, 0.25) is 0 Å². The van der Waals surface area contributed by atoms with Crippen molar-refractivity contribution in [3.8, 4) is 0 Å². The minimum absolute atomic E-state index is 0. The van der Waals surface area contributed by atoms with Crippen LogP contribution in [0.4, 0.5) is 0 Å². The molecule has 0 aromatic rings. The van der Waals surface area contributed by atoms with Gasteiger partial charge in [-0.05, 0) is 25.7 Å². The maximum atomic E-state index is 2.24. The van der Waals surface area contributed by atoms with Crippen LogP contribution in [0, 0.1) is 12.8 Å². The smallest absolute Gasteiger partial charge is 0 e. The van der Waals surface area contributed by atoms with E-state index in [-0.39, 0.29) is 16.8 Å². The van der Waals surface area contributed by atoms with E-state index in [1.807, 2.05) is 0 Å². The molecule has 11 heavy (non-hydrogen) atoms.